The summed E-state index contributed by atoms with van der Waals surface area (Å²) >= 11 is 0. The second-order valence-electron chi connectivity index (χ2n) is 6.95. The molecule has 0 radical (unpaired) electrons. The van der Waals surface area contributed by atoms with Crippen molar-refractivity contribution in [1.82, 2.24) is 5.32 Å². The van der Waals surface area contributed by atoms with Gasteiger partial charge in [0.05, 0.1) is 11.3 Å². The summed E-state index contributed by atoms with van der Waals surface area (Å²) < 4.78 is 0. The first-order valence-corrected chi connectivity index (χ1v) is 9.32. The van der Waals surface area contributed by atoms with E-state index in [1.54, 1.807) is 41.3 Å². The number of nitrogens with zero attached hydrogens (tertiary/aromatic N) is 1. The van der Waals surface area contributed by atoms with Crippen LogP contribution >= 0.6 is 0 Å². The number of benzene rings is 2. The molecular formula is C21H24N4O3. The largest absolute Gasteiger partial charge is 0.336 e. The molecule has 0 aliphatic carbocycles. The molecule has 4 amide bonds. The fourth-order valence-corrected chi connectivity index (χ4v) is 3.05. The zero-order valence-electron chi connectivity index (χ0n) is 16.0. The van der Waals surface area contributed by atoms with Crippen LogP contribution in [0.2, 0.25) is 0 Å². The molecule has 3 rings (SSSR count). The van der Waals surface area contributed by atoms with Crippen LogP contribution in [0.3, 0.4) is 0 Å². The second kappa shape index (κ2) is 8.56. The molecule has 7 heteroatoms. The molecule has 3 N–H and O–H groups in total. The number of amides is 4. The summed E-state index contributed by atoms with van der Waals surface area (Å²) in [6.07, 6.45) is 1.44. The lowest BCUT2D eigenvalue weighted by Crippen LogP contribution is -2.34. The SMILES string of the molecule is CC(C)NC(=O)Nc1ccccc1C(=O)Nc1ccc(N2CCCC2=O)cc1. The first-order chi connectivity index (χ1) is 13.4. The van der Waals surface area contributed by atoms with Crippen LogP contribution in [0, 0.1) is 0 Å². The zero-order valence-corrected chi connectivity index (χ0v) is 16.0. The molecule has 146 valence electrons. The highest BCUT2D eigenvalue weighted by molar-refractivity contribution is 6.10. The summed E-state index contributed by atoms with van der Waals surface area (Å²) in [4.78, 5) is 38.2. The van der Waals surface area contributed by atoms with Gasteiger partial charge in [0.15, 0.2) is 0 Å². The van der Waals surface area contributed by atoms with Crippen LogP contribution in [-0.2, 0) is 4.79 Å². The molecule has 1 aliphatic heterocycles. The highest BCUT2D eigenvalue weighted by atomic mass is 16.2. The maximum atomic E-state index is 12.7. The van der Waals surface area contributed by atoms with E-state index >= 15 is 0 Å². The molecule has 1 heterocycles. The molecule has 2 aromatic carbocycles. The van der Waals surface area contributed by atoms with E-state index in [2.05, 4.69) is 16.0 Å². The minimum atomic E-state index is -0.366. The van der Waals surface area contributed by atoms with E-state index in [0.717, 1.165) is 18.7 Å². The van der Waals surface area contributed by atoms with Crippen molar-refractivity contribution in [2.45, 2.75) is 32.7 Å². The summed E-state index contributed by atoms with van der Waals surface area (Å²) in [6.45, 7) is 4.44. The Morgan fingerprint density at radius 1 is 1.00 bits per heavy atom. The lowest BCUT2D eigenvalue weighted by Gasteiger charge is -2.16. The smallest absolute Gasteiger partial charge is 0.319 e. The van der Waals surface area contributed by atoms with E-state index in [1.165, 1.54) is 0 Å². The predicted molar refractivity (Wildman–Crippen MR) is 110 cm³/mol. The molecule has 0 atom stereocenters. The molecule has 7 nitrogen and oxygen atoms in total. The lowest BCUT2D eigenvalue weighted by atomic mass is 10.1. The third kappa shape index (κ3) is 4.68. The van der Waals surface area contributed by atoms with E-state index in [-0.39, 0.29) is 23.9 Å². The van der Waals surface area contributed by atoms with Gasteiger partial charge in [0.25, 0.3) is 5.91 Å². The maximum absolute atomic E-state index is 12.7. The average molecular weight is 380 g/mol. The van der Waals surface area contributed by atoms with Crippen molar-refractivity contribution in [2.75, 3.05) is 22.1 Å². The van der Waals surface area contributed by atoms with Gasteiger partial charge in [-0.2, -0.15) is 0 Å². The number of carbonyl (C=O) groups excluding carboxylic acids is 3. The van der Waals surface area contributed by atoms with Crippen molar-refractivity contribution in [3.8, 4) is 0 Å². The van der Waals surface area contributed by atoms with Crippen molar-refractivity contribution in [2.24, 2.45) is 0 Å². The van der Waals surface area contributed by atoms with Gasteiger partial charge in [0.1, 0.15) is 0 Å². The van der Waals surface area contributed by atoms with Gasteiger partial charge < -0.3 is 20.9 Å². The Morgan fingerprint density at radius 2 is 1.71 bits per heavy atom. The van der Waals surface area contributed by atoms with E-state index in [1.807, 2.05) is 26.0 Å². The molecule has 0 unspecified atom stereocenters. The van der Waals surface area contributed by atoms with Crippen LogP contribution in [0.1, 0.15) is 37.0 Å². The van der Waals surface area contributed by atoms with Crippen molar-refractivity contribution in [3.05, 3.63) is 54.1 Å². The molecule has 0 spiro atoms. The first-order valence-electron chi connectivity index (χ1n) is 9.32. The number of urea groups is 1. The van der Waals surface area contributed by atoms with Gasteiger partial charge in [0, 0.05) is 30.4 Å². The maximum Gasteiger partial charge on any atom is 0.319 e. The van der Waals surface area contributed by atoms with E-state index in [9.17, 15) is 14.4 Å². The van der Waals surface area contributed by atoms with Crippen LogP contribution < -0.4 is 20.9 Å². The van der Waals surface area contributed by atoms with Crippen molar-refractivity contribution >= 4 is 34.9 Å². The topological polar surface area (TPSA) is 90.5 Å². The third-order valence-electron chi connectivity index (χ3n) is 4.35. The fraction of sp³-hybridized carbons (Fsp3) is 0.286. The fourth-order valence-electron chi connectivity index (χ4n) is 3.05. The Kier molecular flexibility index (Phi) is 5.93. The normalized spacial score (nSPS) is 13.5. The molecule has 1 fully saturated rings. The van der Waals surface area contributed by atoms with Gasteiger partial charge in [0.2, 0.25) is 5.91 Å². The van der Waals surface area contributed by atoms with Crippen molar-refractivity contribution in [3.63, 3.8) is 0 Å². The molecule has 28 heavy (non-hydrogen) atoms. The summed E-state index contributed by atoms with van der Waals surface area (Å²) in [6, 6.07) is 13.6. The molecule has 2 aromatic rings. The number of hydrogen-bond donors (Lipinski definition) is 3. The van der Waals surface area contributed by atoms with Gasteiger partial charge in [-0.3, -0.25) is 9.59 Å². The number of nitrogens with one attached hydrogen (secondary N) is 3. The van der Waals surface area contributed by atoms with Gasteiger partial charge in [-0.25, -0.2) is 4.79 Å². The van der Waals surface area contributed by atoms with E-state index in [0.29, 0.717) is 23.4 Å². The molecule has 1 aliphatic rings. The molecular weight excluding hydrogens is 356 g/mol. The number of para-hydroxylation sites is 1. The lowest BCUT2D eigenvalue weighted by molar-refractivity contribution is -0.117. The van der Waals surface area contributed by atoms with Crippen LogP contribution in [0.5, 0.6) is 0 Å². The summed E-state index contributed by atoms with van der Waals surface area (Å²) in [7, 11) is 0. The number of anilines is 3. The van der Waals surface area contributed by atoms with Gasteiger partial charge in [-0.1, -0.05) is 12.1 Å². The predicted octanol–water partition coefficient (Wildman–Crippen LogP) is 3.60. The van der Waals surface area contributed by atoms with Crippen molar-refractivity contribution in [1.29, 1.82) is 0 Å². The third-order valence-corrected chi connectivity index (χ3v) is 4.35. The number of rotatable bonds is 5. The highest BCUT2D eigenvalue weighted by Gasteiger charge is 2.21. The average Bonchev–Trinajstić information content (AvgIpc) is 3.08. The minimum absolute atomic E-state index is 0.0120. The van der Waals surface area contributed by atoms with Gasteiger partial charge in [-0.05, 0) is 56.7 Å². The van der Waals surface area contributed by atoms with E-state index in [4.69, 9.17) is 0 Å². The summed E-state index contributed by atoms with van der Waals surface area (Å²) in [5.74, 6) is -0.207. The van der Waals surface area contributed by atoms with Gasteiger partial charge in [-0.15, -0.1) is 0 Å². The Morgan fingerprint density at radius 3 is 2.36 bits per heavy atom. The summed E-state index contributed by atoms with van der Waals surface area (Å²) in [5, 5.41) is 8.26. The van der Waals surface area contributed by atoms with Gasteiger partial charge >= 0.3 is 6.03 Å². The molecule has 0 aromatic heterocycles. The zero-order chi connectivity index (χ0) is 20.1. The summed E-state index contributed by atoms with van der Waals surface area (Å²) in [5.41, 5.74) is 2.23. The quantitative estimate of drug-likeness (QED) is 0.740. The molecule has 0 bridgehead atoms. The van der Waals surface area contributed by atoms with Crippen molar-refractivity contribution < 1.29 is 14.4 Å². The monoisotopic (exact) mass is 380 g/mol. The molecule has 1 saturated heterocycles. The number of hydrogen-bond acceptors (Lipinski definition) is 3. The number of carbonyl (C=O) groups is 3. The Bertz CT molecular complexity index is 877. The van der Waals surface area contributed by atoms with Crippen LogP contribution in [0.25, 0.3) is 0 Å². The highest BCUT2D eigenvalue weighted by Crippen LogP contribution is 2.24. The van der Waals surface area contributed by atoms with Crippen LogP contribution in [0.4, 0.5) is 21.9 Å². The first kappa shape index (κ1) is 19.4. The Balaban J connectivity index is 1.69. The van der Waals surface area contributed by atoms with Crippen LogP contribution in [0.15, 0.2) is 48.5 Å². The second-order valence-corrected chi connectivity index (χ2v) is 6.95. The Labute approximate surface area is 164 Å². The van der Waals surface area contributed by atoms with Crippen LogP contribution in [-0.4, -0.2) is 30.4 Å². The standard InChI is InChI=1S/C21H24N4O3/c1-14(2)22-21(28)24-18-7-4-3-6-17(18)20(27)23-15-9-11-16(12-10-15)25-13-5-8-19(25)26/h3-4,6-7,9-12,14H,5,8,13H2,1-2H3,(H,23,27)(H2,22,24,28). The minimum Gasteiger partial charge on any atom is -0.336 e. The Hall–Kier alpha value is -3.35. The molecule has 0 saturated carbocycles. The van der Waals surface area contributed by atoms with E-state index < -0.39 is 0 Å².